The Bertz CT molecular complexity index is 1970. The van der Waals surface area contributed by atoms with Crippen molar-refractivity contribution in [2.45, 2.75) is 45.8 Å². The first kappa shape index (κ1) is 37.5. The summed E-state index contributed by atoms with van der Waals surface area (Å²) in [6, 6.07) is 28.4. The van der Waals surface area contributed by atoms with Crippen molar-refractivity contribution >= 4 is 17.9 Å². The fraction of sp³-hybridized carbons (Fsp3) is 0.205. The van der Waals surface area contributed by atoms with Crippen LogP contribution in [0.5, 0.6) is 5.75 Å². The second kappa shape index (κ2) is 18.5. The Hall–Kier alpha value is -6.31. The highest BCUT2D eigenvalue weighted by Crippen LogP contribution is 2.25. The molecule has 0 heterocycles. The summed E-state index contributed by atoms with van der Waals surface area (Å²) in [6.45, 7) is 13.0. The van der Waals surface area contributed by atoms with E-state index in [0.717, 1.165) is 45.5 Å². The lowest BCUT2D eigenvalue weighted by Crippen LogP contribution is -2.24. The fourth-order valence-electron chi connectivity index (χ4n) is 4.53. The minimum absolute atomic E-state index is 0.233. The molecule has 0 saturated heterocycles. The summed E-state index contributed by atoms with van der Waals surface area (Å²) in [5.41, 5.74) is 5.71. The molecule has 4 rings (SSSR count). The molecule has 0 aliphatic heterocycles. The van der Waals surface area contributed by atoms with E-state index < -0.39 is 23.5 Å². The van der Waals surface area contributed by atoms with Crippen LogP contribution in [-0.4, -0.2) is 36.7 Å². The summed E-state index contributed by atoms with van der Waals surface area (Å²) >= 11 is 0. The molecule has 4 aromatic carbocycles. The maximum atomic E-state index is 13.2. The zero-order chi connectivity index (χ0) is 36.6. The third-order valence-corrected chi connectivity index (χ3v) is 7.16. The van der Waals surface area contributed by atoms with Gasteiger partial charge in [0.05, 0.1) is 13.2 Å². The van der Waals surface area contributed by atoms with Crippen molar-refractivity contribution in [1.29, 1.82) is 0 Å². The van der Waals surface area contributed by atoms with Gasteiger partial charge in [-0.05, 0) is 92.1 Å². The van der Waals surface area contributed by atoms with Gasteiger partial charge >= 0.3 is 17.9 Å². The molecule has 7 heteroatoms. The fourth-order valence-corrected chi connectivity index (χ4v) is 4.53. The zero-order valence-corrected chi connectivity index (χ0v) is 29.1. The molecule has 0 radical (unpaired) electrons. The number of carbonyl (C=O) groups excluding carboxylic acids is 3. The van der Waals surface area contributed by atoms with Crippen LogP contribution in [0, 0.1) is 23.7 Å². The molecule has 0 fully saturated rings. The number of hydrogen-bond donors (Lipinski definition) is 0. The standard InChI is InChI=1S/C44H40O7/c1-6-41(45)48-28-26-35-14-10-32(11-15-35)8-9-34-19-22-38(23-20-34)31-50-40-25-24-37(30-39(40)43(47)51-44(3,4)5)21-18-33-12-16-36(17-13-33)27-29-49-42(46)7-2/h6-7,10-17,19-20,22-25,30H,1-2,26-29,31H2,3-5H3. The van der Waals surface area contributed by atoms with Crippen molar-refractivity contribution in [1.82, 2.24) is 0 Å². The zero-order valence-electron chi connectivity index (χ0n) is 29.1. The van der Waals surface area contributed by atoms with Crippen molar-refractivity contribution in [3.05, 3.63) is 161 Å². The van der Waals surface area contributed by atoms with Gasteiger partial charge in [-0.15, -0.1) is 0 Å². The Morgan fingerprint density at radius 3 is 1.45 bits per heavy atom. The third kappa shape index (κ3) is 12.9. The average Bonchev–Trinajstić information content (AvgIpc) is 3.13. The van der Waals surface area contributed by atoms with E-state index in [9.17, 15) is 14.4 Å². The van der Waals surface area contributed by atoms with Gasteiger partial charge in [0.15, 0.2) is 0 Å². The molecule has 0 saturated carbocycles. The predicted molar refractivity (Wildman–Crippen MR) is 197 cm³/mol. The van der Waals surface area contributed by atoms with Gasteiger partial charge in [-0.3, -0.25) is 0 Å². The first-order valence-electron chi connectivity index (χ1n) is 16.4. The van der Waals surface area contributed by atoms with Gasteiger partial charge in [-0.25, -0.2) is 14.4 Å². The van der Waals surface area contributed by atoms with Gasteiger partial charge in [0.1, 0.15) is 23.5 Å². The van der Waals surface area contributed by atoms with E-state index in [1.54, 1.807) is 18.2 Å². The topological polar surface area (TPSA) is 88.1 Å². The van der Waals surface area contributed by atoms with Crippen LogP contribution >= 0.6 is 0 Å². The van der Waals surface area contributed by atoms with E-state index in [-0.39, 0.29) is 18.8 Å². The molecule has 0 spiro atoms. The lowest BCUT2D eigenvalue weighted by atomic mass is 10.1. The van der Waals surface area contributed by atoms with Crippen LogP contribution in [0.4, 0.5) is 0 Å². The van der Waals surface area contributed by atoms with Crippen LogP contribution in [-0.2, 0) is 43.2 Å². The highest BCUT2D eigenvalue weighted by Gasteiger charge is 2.21. The second-order valence-electron chi connectivity index (χ2n) is 12.3. The molecule has 258 valence electrons. The Kier molecular flexibility index (Phi) is 13.6. The predicted octanol–water partition coefficient (Wildman–Crippen LogP) is 7.56. The molecule has 0 amide bonds. The lowest BCUT2D eigenvalue weighted by molar-refractivity contribution is -0.138. The Labute approximate surface area is 299 Å². The Morgan fingerprint density at radius 1 is 0.608 bits per heavy atom. The van der Waals surface area contributed by atoms with Crippen molar-refractivity contribution in [3.8, 4) is 29.4 Å². The van der Waals surface area contributed by atoms with Gasteiger partial charge < -0.3 is 18.9 Å². The van der Waals surface area contributed by atoms with E-state index in [4.69, 9.17) is 18.9 Å². The molecule has 0 bridgehead atoms. The highest BCUT2D eigenvalue weighted by atomic mass is 16.6. The van der Waals surface area contributed by atoms with Gasteiger partial charge in [0.25, 0.3) is 0 Å². The maximum Gasteiger partial charge on any atom is 0.342 e. The summed E-state index contributed by atoms with van der Waals surface area (Å²) in [7, 11) is 0. The van der Waals surface area contributed by atoms with Crippen LogP contribution in [0.3, 0.4) is 0 Å². The first-order chi connectivity index (χ1) is 24.5. The monoisotopic (exact) mass is 680 g/mol. The number of esters is 3. The summed E-state index contributed by atoms with van der Waals surface area (Å²) in [6.07, 6.45) is 3.49. The minimum Gasteiger partial charge on any atom is -0.488 e. The molecule has 0 aliphatic carbocycles. The van der Waals surface area contributed by atoms with Crippen molar-refractivity contribution in [2.24, 2.45) is 0 Å². The van der Waals surface area contributed by atoms with Gasteiger partial charge in [-0.2, -0.15) is 0 Å². The van der Waals surface area contributed by atoms with E-state index >= 15 is 0 Å². The number of benzene rings is 4. The summed E-state index contributed by atoms with van der Waals surface area (Å²) in [4.78, 5) is 35.6. The molecule has 0 atom stereocenters. The summed E-state index contributed by atoms with van der Waals surface area (Å²) < 4.78 is 21.9. The van der Waals surface area contributed by atoms with E-state index in [2.05, 4.69) is 36.8 Å². The Balaban J connectivity index is 1.39. The smallest absolute Gasteiger partial charge is 0.342 e. The summed E-state index contributed by atoms with van der Waals surface area (Å²) in [5.74, 6) is 11.6. The van der Waals surface area contributed by atoms with Crippen molar-refractivity contribution in [2.75, 3.05) is 13.2 Å². The summed E-state index contributed by atoms with van der Waals surface area (Å²) in [5, 5.41) is 0. The van der Waals surface area contributed by atoms with Crippen LogP contribution < -0.4 is 4.74 Å². The van der Waals surface area contributed by atoms with Crippen LogP contribution in [0.2, 0.25) is 0 Å². The first-order valence-corrected chi connectivity index (χ1v) is 16.4. The molecule has 0 N–H and O–H groups in total. The third-order valence-electron chi connectivity index (χ3n) is 7.16. The Morgan fingerprint density at radius 2 is 1.02 bits per heavy atom. The molecule has 7 nitrogen and oxygen atoms in total. The maximum absolute atomic E-state index is 13.2. The van der Waals surface area contributed by atoms with Crippen LogP contribution in [0.15, 0.2) is 116 Å². The largest absolute Gasteiger partial charge is 0.488 e. The van der Waals surface area contributed by atoms with Crippen LogP contribution in [0.25, 0.3) is 0 Å². The highest BCUT2D eigenvalue weighted by molar-refractivity contribution is 5.93. The second-order valence-corrected chi connectivity index (χ2v) is 12.3. The SMILES string of the molecule is C=CC(=O)OCCc1ccc(C#Cc2ccc(COc3ccc(C#Cc4ccc(CCOC(=O)C=C)cc4)cc3C(=O)OC(C)(C)C)cc2)cc1. The van der Waals surface area contributed by atoms with Gasteiger partial charge in [0, 0.05) is 47.2 Å². The van der Waals surface area contributed by atoms with E-state index in [1.807, 2.05) is 93.6 Å². The number of hydrogen-bond acceptors (Lipinski definition) is 7. The average molecular weight is 681 g/mol. The minimum atomic E-state index is -0.692. The number of carbonyl (C=O) groups is 3. The molecular weight excluding hydrogens is 640 g/mol. The lowest BCUT2D eigenvalue weighted by Gasteiger charge is -2.20. The molecule has 0 unspecified atom stereocenters. The molecule has 0 aliphatic rings. The van der Waals surface area contributed by atoms with Crippen LogP contribution in [0.1, 0.15) is 70.1 Å². The molecule has 4 aromatic rings. The normalized spacial score (nSPS) is 10.3. The molecule has 51 heavy (non-hydrogen) atoms. The molecular formula is C44H40O7. The molecule has 0 aromatic heterocycles. The van der Waals surface area contributed by atoms with E-state index in [1.165, 1.54) is 0 Å². The van der Waals surface area contributed by atoms with Gasteiger partial charge in [-0.1, -0.05) is 73.2 Å². The van der Waals surface area contributed by atoms with Crippen molar-refractivity contribution in [3.63, 3.8) is 0 Å². The number of ether oxygens (including phenoxy) is 4. The number of rotatable bonds is 12. The van der Waals surface area contributed by atoms with E-state index in [0.29, 0.717) is 30.8 Å². The van der Waals surface area contributed by atoms with Gasteiger partial charge in [0.2, 0.25) is 0 Å². The van der Waals surface area contributed by atoms with Crippen molar-refractivity contribution < 1.29 is 33.3 Å². The quantitative estimate of drug-likeness (QED) is 0.0661.